The van der Waals surface area contributed by atoms with E-state index in [2.05, 4.69) is 15.3 Å². The first-order valence-electron chi connectivity index (χ1n) is 9.19. The van der Waals surface area contributed by atoms with Crippen molar-refractivity contribution in [1.29, 1.82) is 0 Å². The first kappa shape index (κ1) is 22.0. The molecule has 0 saturated heterocycles. The van der Waals surface area contributed by atoms with E-state index in [0.717, 1.165) is 0 Å². The van der Waals surface area contributed by atoms with E-state index in [1.54, 1.807) is 42.5 Å². The van der Waals surface area contributed by atoms with E-state index in [1.807, 2.05) is 6.07 Å². The summed E-state index contributed by atoms with van der Waals surface area (Å²) in [7, 11) is 1.44. The van der Waals surface area contributed by atoms with Gasteiger partial charge in [-0.15, -0.1) is 0 Å². The predicted octanol–water partition coefficient (Wildman–Crippen LogP) is 2.58. The molecule has 0 fully saturated rings. The molecule has 2 aromatic carbocycles. The standard InChI is InChI=1S/C21H18N4O7/c1-31-16-11-13(8-10-17-23-20(27)19(25(29)30)21(28)24-17)7-9-15(16)32-12-18(26)22-14-5-3-2-4-6-14/h2-11H,12H2,1H3,(H,22,26)(H2,23,24,27,28). The minimum Gasteiger partial charge on any atom is -0.493 e. The summed E-state index contributed by atoms with van der Waals surface area (Å²) in [6.45, 7) is -0.229. The lowest BCUT2D eigenvalue weighted by Gasteiger charge is -2.11. The van der Waals surface area contributed by atoms with E-state index >= 15 is 0 Å². The number of amides is 1. The molecule has 0 radical (unpaired) electrons. The monoisotopic (exact) mass is 438 g/mol. The highest BCUT2D eigenvalue weighted by molar-refractivity contribution is 5.91. The van der Waals surface area contributed by atoms with Gasteiger partial charge in [-0.25, -0.2) is 0 Å². The molecule has 11 heteroatoms. The molecule has 32 heavy (non-hydrogen) atoms. The molecule has 0 bridgehead atoms. The van der Waals surface area contributed by atoms with Gasteiger partial charge in [0.1, 0.15) is 5.82 Å². The Bertz CT molecular complexity index is 1220. The highest BCUT2D eigenvalue weighted by Gasteiger charge is 2.21. The largest absolute Gasteiger partial charge is 0.493 e. The summed E-state index contributed by atoms with van der Waals surface area (Å²) in [4.78, 5) is 39.3. The number of hydrogen-bond acceptors (Lipinski definition) is 8. The third kappa shape index (κ3) is 5.48. The Morgan fingerprint density at radius 2 is 1.97 bits per heavy atom. The van der Waals surface area contributed by atoms with Crippen molar-refractivity contribution >= 4 is 29.4 Å². The van der Waals surface area contributed by atoms with Gasteiger partial charge in [-0.1, -0.05) is 30.3 Å². The molecule has 0 atom stereocenters. The van der Waals surface area contributed by atoms with Gasteiger partial charge in [0.15, 0.2) is 18.1 Å². The number of aromatic hydroxyl groups is 1. The third-order valence-corrected chi connectivity index (χ3v) is 4.12. The van der Waals surface area contributed by atoms with Gasteiger partial charge >= 0.3 is 11.2 Å². The maximum atomic E-state index is 12.0. The number of benzene rings is 2. The van der Waals surface area contributed by atoms with E-state index in [9.17, 15) is 24.8 Å². The number of nitrogens with one attached hydrogen (secondary N) is 2. The van der Waals surface area contributed by atoms with Gasteiger partial charge in [0.05, 0.1) is 12.0 Å². The Balaban J connectivity index is 1.69. The molecule has 0 aliphatic heterocycles. The summed E-state index contributed by atoms with van der Waals surface area (Å²) in [6.07, 6.45) is 2.89. The smallest absolute Gasteiger partial charge is 0.395 e. The van der Waals surface area contributed by atoms with E-state index in [4.69, 9.17) is 9.47 Å². The van der Waals surface area contributed by atoms with E-state index in [0.29, 0.717) is 22.7 Å². The van der Waals surface area contributed by atoms with Gasteiger partial charge in [0, 0.05) is 5.69 Å². The lowest BCUT2D eigenvalue weighted by molar-refractivity contribution is -0.387. The van der Waals surface area contributed by atoms with Crippen molar-refractivity contribution in [3.8, 4) is 17.4 Å². The maximum absolute atomic E-state index is 12.0. The predicted molar refractivity (Wildman–Crippen MR) is 116 cm³/mol. The maximum Gasteiger partial charge on any atom is 0.395 e. The number of nitro groups is 1. The molecule has 0 aliphatic carbocycles. The summed E-state index contributed by atoms with van der Waals surface area (Å²) >= 11 is 0. The van der Waals surface area contributed by atoms with E-state index < -0.39 is 22.0 Å². The van der Waals surface area contributed by atoms with Crippen LogP contribution in [0.3, 0.4) is 0 Å². The number of para-hydroxylation sites is 1. The fraction of sp³-hybridized carbons (Fsp3) is 0.0952. The SMILES string of the molecule is COc1cc(C=Cc2nc(O)c([N+](=O)[O-])c(=O)[nH]2)ccc1OCC(=O)Nc1ccccc1. The van der Waals surface area contributed by atoms with Crippen LogP contribution in [0.1, 0.15) is 11.4 Å². The van der Waals surface area contributed by atoms with Crippen molar-refractivity contribution in [1.82, 2.24) is 9.97 Å². The second kappa shape index (κ2) is 9.89. The second-order valence-corrected chi connectivity index (χ2v) is 6.33. The molecule has 3 N–H and O–H groups in total. The van der Waals surface area contributed by atoms with E-state index in [-0.39, 0.29) is 18.3 Å². The average Bonchev–Trinajstić information content (AvgIpc) is 2.76. The zero-order chi connectivity index (χ0) is 23.1. The molecule has 3 rings (SSSR count). The lowest BCUT2D eigenvalue weighted by atomic mass is 10.2. The zero-order valence-corrected chi connectivity index (χ0v) is 16.8. The summed E-state index contributed by atoms with van der Waals surface area (Å²) in [6, 6.07) is 13.8. The van der Waals surface area contributed by atoms with Crippen molar-refractivity contribution < 1.29 is 24.3 Å². The Hall–Kier alpha value is -4.67. The summed E-state index contributed by atoms with van der Waals surface area (Å²) < 4.78 is 10.8. The zero-order valence-electron chi connectivity index (χ0n) is 16.8. The van der Waals surface area contributed by atoms with Crippen LogP contribution in [0.25, 0.3) is 12.2 Å². The quantitative estimate of drug-likeness (QED) is 0.358. The first-order chi connectivity index (χ1) is 15.4. The normalized spacial score (nSPS) is 10.7. The number of rotatable bonds is 8. The molecular weight excluding hydrogens is 420 g/mol. The number of hydrogen-bond donors (Lipinski definition) is 3. The highest BCUT2D eigenvalue weighted by atomic mass is 16.6. The van der Waals surface area contributed by atoms with Crippen molar-refractivity contribution in [3.05, 3.63) is 80.4 Å². The van der Waals surface area contributed by atoms with Crippen LogP contribution in [0, 0.1) is 10.1 Å². The Kier molecular flexibility index (Phi) is 6.81. The number of aromatic nitrogens is 2. The van der Waals surface area contributed by atoms with Crippen molar-refractivity contribution in [2.45, 2.75) is 0 Å². The van der Waals surface area contributed by atoms with Crippen LogP contribution in [0.15, 0.2) is 53.3 Å². The number of methoxy groups -OCH3 is 1. The van der Waals surface area contributed by atoms with Crippen LogP contribution >= 0.6 is 0 Å². The van der Waals surface area contributed by atoms with Crippen molar-refractivity contribution in [2.24, 2.45) is 0 Å². The van der Waals surface area contributed by atoms with Gasteiger partial charge in [0.25, 0.3) is 11.8 Å². The molecule has 1 aromatic heterocycles. The van der Waals surface area contributed by atoms with Crippen LogP contribution in [-0.2, 0) is 4.79 Å². The van der Waals surface area contributed by atoms with Gasteiger partial charge in [0.2, 0.25) is 0 Å². The number of carbonyl (C=O) groups is 1. The van der Waals surface area contributed by atoms with Gasteiger partial charge < -0.3 is 24.9 Å². The molecule has 3 aromatic rings. The topological polar surface area (TPSA) is 157 Å². The first-order valence-corrected chi connectivity index (χ1v) is 9.19. The minimum atomic E-state index is -1.07. The van der Waals surface area contributed by atoms with Crippen LogP contribution in [0.2, 0.25) is 0 Å². The average molecular weight is 438 g/mol. The Morgan fingerprint density at radius 1 is 1.22 bits per heavy atom. The summed E-state index contributed by atoms with van der Waals surface area (Å²) in [5.41, 5.74) is -0.834. The highest BCUT2D eigenvalue weighted by Crippen LogP contribution is 2.29. The second-order valence-electron chi connectivity index (χ2n) is 6.33. The number of anilines is 1. The van der Waals surface area contributed by atoms with Crippen LogP contribution < -0.4 is 20.3 Å². The van der Waals surface area contributed by atoms with Crippen LogP contribution in [0.5, 0.6) is 17.4 Å². The fourth-order valence-corrected chi connectivity index (χ4v) is 2.66. The minimum absolute atomic E-state index is 0.0741. The lowest BCUT2D eigenvalue weighted by Crippen LogP contribution is -2.20. The third-order valence-electron chi connectivity index (χ3n) is 4.12. The number of nitrogens with zero attached hydrogens (tertiary/aromatic N) is 2. The van der Waals surface area contributed by atoms with Crippen molar-refractivity contribution in [3.63, 3.8) is 0 Å². The van der Waals surface area contributed by atoms with Gasteiger partial charge in [-0.05, 0) is 35.9 Å². The number of carbonyl (C=O) groups excluding carboxylic acids is 1. The van der Waals surface area contributed by atoms with E-state index in [1.165, 1.54) is 19.3 Å². The number of ether oxygens (including phenoxy) is 2. The molecular formula is C21H18N4O7. The fourth-order valence-electron chi connectivity index (χ4n) is 2.66. The number of aromatic amines is 1. The molecule has 0 saturated carbocycles. The van der Waals surface area contributed by atoms with Gasteiger partial charge in [-0.3, -0.25) is 19.7 Å². The Morgan fingerprint density at radius 3 is 2.62 bits per heavy atom. The molecule has 0 unspecified atom stereocenters. The molecule has 0 spiro atoms. The van der Waals surface area contributed by atoms with Crippen molar-refractivity contribution in [2.75, 3.05) is 19.0 Å². The van der Waals surface area contributed by atoms with Gasteiger partial charge in [-0.2, -0.15) is 4.98 Å². The van der Waals surface area contributed by atoms with Crippen LogP contribution in [-0.4, -0.2) is 39.6 Å². The summed E-state index contributed by atoms with van der Waals surface area (Å²) in [5, 5.41) is 23.0. The summed E-state index contributed by atoms with van der Waals surface area (Å²) in [5.74, 6) is -0.696. The number of H-pyrrole nitrogens is 1. The molecule has 1 heterocycles. The molecule has 0 aliphatic rings. The molecule has 11 nitrogen and oxygen atoms in total. The Labute approximate surface area is 181 Å². The molecule has 1 amide bonds. The van der Waals surface area contributed by atoms with Crippen LogP contribution in [0.4, 0.5) is 11.4 Å². The molecule has 164 valence electrons.